The summed E-state index contributed by atoms with van der Waals surface area (Å²) in [5, 5.41) is 0.683. The summed E-state index contributed by atoms with van der Waals surface area (Å²) >= 11 is 0. The van der Waals surface area contributed by atoms with Crippen LogP contribution in [0.15, 0.2) is 29.3 Å². The van der Waals surface area contributed by atoms with Crippen molar-refractivity contribution in [2.24, 2.45) is 0 Å². The van der Waals surface area contributed by atoms with E-state index in [-0.39, 0.29) is 0 Å². The Morgan fingerprint density at radius 1 is 1.27 bits per heavy atom. The third-order valence-electron chi connectivity index (χ3n) is 4.56. The van der Waals surface area contributed by atoms with Crippen molar-refractivity contribution in [2.75, 3.05) is 18.9 Å². The highest BCUT2D eigenvalue weighted by atomic mass is 32.2. The number of nitrogen functional groups attached to an aromatic ring is 1. The van der Waals surface area contributed by atoms with Gasteiger partial charge >= 0.3 is 0 Å². The molecule has 1 aromatic carbocycles. The number of hydrogen-bond acceptors (Lipinski definition) is 5. The van der Waals surface area contributed by atoms with Gasteiger partial charge in [-0.3, -0.25) is 4.98 Å². The highest BCUT2D eigenvalue weighted by Crippen LogP contribution is 2.37. The molecule has 1 aliphatic rings. The summed E-state index contributed by atoms with van der Waals surface area (Å²) in [6, 6.07) is 5.15. The molecule has 1 aromatic heterocycles. The zero-order valence-corrected chi connectivity index (χ0v) is 13.6. The number of aryl methyl sites for hydroxylation is 1. The lowest BCUT2D eigenvalue weighted by Crippen LogP contribution is -2.41. The van der Waals surface area contributed by atoms with Gasteiger partial charge in [0.25, 0.3) is 0 Å². The Morgan fingerprint density at radius 3 is 2.64 bits per heavy atom. The standard InChI is InChI=1S/C16H20N2O3S/c1-11-9-14-12(13(17)3-6-18-14)10-15(11)22(19,20)16(2)4-7-21-8-5-16/h3,6,9-10H,4-5,7-8H2,1-2H3,(H2,17,18). The number of pyridine rings is 1. The largest absolute Gasteiger partial charge is 0.398 e. The molecular formula is C16H20N2O3S. The van der Waals surface area contributed by atoms with Crippen molar-refractivity contribution in [1.82, 2.24) is 4.98 Å². The molecule has 1 aliphatic heterocycles. The molecule has 0 saturated carbocycles. The molecular weight excluding hydrogens is 300 g/mol. The average Bonchev–Trinajstić information content (AvgIpc) is 2.47. The SMILES string of the molecule is Cc1cc2nccc(N)c2cc1S(=O)(=O)C1(C)CCOCC1. The second-order valence-electron chi connectivity index (χ2n) is 6.10. The van der Waals surface area contributed by atoms with Crippen LogP contribution in [-0.4, -0.2) is 31.4 Å². The number of benzene rings is 1. The van der Waals surface area contributed by atoms with Crippen LogP contribution in [-0.2, 0) is 14.6 Å². The zero-order chi connectivity index (χ0) is 16.0. The zero-order valence-electron chi connectivity index (χ0n) is 12.8. The van der Waals surface area contributed by atoms with Gasteiger partial charge in [0.05, 0.1) is 15.2 Å². The number of fused-ring (bicyclic) bond motifs is 1. The smallest absolute Gasteiger partial charge is 0.184 e. The molecule has 118 valence electrons. The summed E-state index contributed by atoms with van der Waals surface area (Å²) in [5.74, 6) is 0. The van der Waals surface area contributed by atoms with E-state index in [1.54, 1.807) is 38.2 Å². The molecule has 6 heteroatoms. The van der Waals surface area contributed by atoms with Gasteiger partial charge in [-0.1, -0.05) is 0 Å². The number of anilines is 1. The molecule has 2 N–H and O–H groups in total. The molecule has 0 radical (unpaired) electrons. The Hall–Kier alpha value is -1.66. The highest BCUT2D eigenvalue weighted by molar-refractivity contribution is 7.92. The lowest BCUT2D eigenvalue weighted by molar-refractivity contribution is 0.0789. The Kier molecular flexibility index (Phi) is 3.61. The predicted molar refractivity (Wildman–Crippen MR) is 86.5 cm³/mol. The first-order valence-corrected chi connectivity index (χ1v) is 8.81. The van der Waals surface area contributed by atoms with Gasteiger partial charge in [-0.05, 0) is 50.5 Å². The molecule has 2 aromatic rings. The molecule has 5 nitrogen and oxygen atoms in total. The first-order chi connectivity index (χ1) is 10.3. The number of rotatable bonds is 2. The van der Waals surface area contributed by atoms with Gasteiger partial charge in [0.2, 0.25) is 0 Å². The van der Waals surface area contributed by atoms with Gasteiger partial charge < -0.3 is 10.5 Å². The molecule has 0 bridgehead atoms. The van der Waals surface area contributed by atoms with Gasteiger partial charge in [-0.2, -0.15) is 0 Å². The van der Waals surface area contributed by atoms with E-state index >= 15 is 0 Å². The van der Waals surface area contributed by atoms with E-state index in [9.17, 15) is 8.42 Å². The molecule has 2 heterocycles. The van der Waals surface area contributed by atoms with E-state index in [0.717, 1.165) is 0 Å². The van der Waals surface area contributed by atoms with Crippen LogP contribution in [0.5, 0.6) is 0 Å². The van der Waals surface area contributed by atoms with Gasteiger partial charge in [-0.25, -0.2) is 8.42 Å². The number of nitrogens with zero attached hydrogens (tertiary/aromatic N) is 1. The quantitative estimate of drug-likeness (QED) is 0.919. The van der Waals surface area contributed by atoms with Crippen molar-refractivity contribution in [3.05, 3.63) is 30.0 Å². The molecule has 22 heavy (non-hydrogen) atoms. The molecule has 0 unspecified atom stereocenters. The van der Waals surface area contributed by atoms with Crippen molar-refractivity contribution < 1.29 is 13.2 Å². The van der Waals surface area contributed by atoms with Crippen molar-refractivity contribution in [2.45, 2.75) is 36.3 Å². The first kappa shape index (κ1) is 15.2. The summed E-state index contributed by atoms with van der Waals surface area (Å²) < 4.78 is 30.9. The molecule has 1 fully saturated rings. The Morgan fingerprint density at radius 2 is 1.95 bits per heavy atom. The molecule has 0 aliphatic carbocycles. The minimum atomic E-state index is -3.46. The lowest BCUT2D eigenvalue weighted by Gasteiger charge is -2.33. The van der Waals surface area contributed by atoms with E-state index in [1.807, 2.05) is 0 Å². The van der Waals surface area contributed by atoms with Crippen molar-refractivity contribution in [1.29, 1.82) is 0 Å². The third kappa shape index (κ3) is 2.27. The van der Waals surface area contributed by atoms with E-state index in [0.29, 0.717) is 53.1 Å². The maximum Gasteiger partial charge on any atom is 0.184 e. The maximum atomic E-state index is 13.2. The van der Waals surface area contributed by atoms with Crippen molar-refractivity contribution in [3.8, 4) is 0 Å². The van der Waals surface area contributed by atoms with Crippen molar-refractivity contribution in [3.63, 3.8) is 0 Å². The van der Waals surface area contributed by atoms with E-state index in [1.165, 1.54) is 0 Å². The van der Waals surface area contributed by atoms with Crippen LogP contribution in [0.3, 0.4) is 0 Å². The normalized spacial score (nSPS) is 18.5. The van der Waals surface area contributed by atoms with E-state index in [2.05, 4.69) is 4.98 Å². The van der Waals surface area contributed by atoms with Gasteiger partial charge in [0.15, 0.2) is 9.84 Å². The summed E-state index contributed by atoms with van der Waals surface area (Å²) in [4.78, 5) is 4.61. The van der Waals surface area contributed by atoms with Crippen LogP contribution in [0.4, 0.5) is 5.69 Å². The summed E-state index contributed by atoms with van der Waals surface area (Å²) in [6.45, 7) is 4.57. The van der Waals surface area contributed by atoms with Crippen LogP contribution in [0.2, 0.25) is 0 Å². The predicted octanol–water partition coefficient (Wildman–Crippen LogP) is 2.47. The number of nitrogens with two attached hydrogens (primary N) is 1. The van der Waals surface area contributed by atoms with Crippen molar-refractivity contribution >= 4 is 26.4 Å². The Labute approximate surface area is 130 Å². The van der Waals surface area contributed by atoms with Gasteiger partial charge in [0.1, 0.15) is 0 Å². The fourth-order valence-corrected chi connectivity index (χ4v) is 4.92. The minimum Gasteiger partial charge on any atom is -0.398 e. The second kappa shape index (κ2) is 5.21. The van der Waals surface area contributed by atoms with E-state index < -0.39 is 14.6 Å². The summed E-state index contributed by atoms with van der Waals surface area (Å²) in [6.07, 6.45) is 2.65. The number of aromatic nitrogens is 1. The molecule has 3 rings (SSSR count). The number of ether oxygens (including phenoxy) is 1. The number of sulfone groups is 1. The molecule has 0 atom stereocenters. The average molecular weight is 320 g/mol. The van der Waals surface area contributed by atoms with Crippen LogP contribution >= 0.6 is 0 Å². The highest BCUT2D eigenvalue weighted by Gasteiger charge is 2.42. The molecule has 0 amide bonds. The monoisotopic (exact) mass is 320 g/mol. The third-order valence-corrected chi connectivity index (χ3v) is 7.29. The molecule has 1 saturated heterocycles. The van der Waals surface area contributed by atoms with Gasteiger partial charge in [0, 0.05) is 30.5 Å². The second-order valence-corrected chi connectivity index (χ2v) is 8.53. The minimum absolute atomic E-state index is 0.351. The molecule has 0 spiro atoms. The van der Waals surface area contributed by atoms with Crippen LogP contribution < -0.4 is 5.73 Å². The Balaban J connectivity index is 2.20. The van der Waals surface area contributed by atoms with E-state index in [4.69, 9.17) is 10.5 Å². The fraction of sp³-hybridized carbons (Fsp3) is 0.438. The topological polar surface area (TPSA) is 82.3 Å². The van der Waals surface area contributed by atoms with Crippen LogP contribution in [0.1, 0.15) is 25.3 Å². The summed E-state index contributed by atoms with van der Waals surface area (Å²) in [5.41, 5.74) is 7.94. The lowest BCUT2D eigenvalue weighted by atomic mass is 10.0. The first-order valence-electron chi connectivity index (χ1n) is 7.32. The Bertz CT molecular complexity index is 825. The fourth-order valence-electron chi connectivity index (χ4n) is 2.93. The summed E-state index contributed by atoms with van der Waals surface area (Å²) in [7, 11) is -3.46. The van der Waals surface area contributed by atoms with Crippen LogP contribution in [0.25, 0.3) is 10.9 Å². The number of hydrogen-bond donors (Lipinski definition) is 1. The maximum absolute atomic E-state index is 13.2. The van der Waals surface area contributed by atoms with Crippen LogP contribution in [0, 0.1) is 6.92 Å². The van der Waals surface area contributed by atoms with Gasteiger partial charge in [-0.15, -0.1) is 0 Å².